The maximum Gasteiger partial charge on any atom is 0.407 e. The molecular formula is C19H23N3O4. The minimum absolute atomic E-state index is 0.140. The van der Waals surface area contributed by atoms with Gasteiger partial charge in [-0.25, -0.2) is 4.79 Å². The van der Waals surface area contributed by atoms with Gasteiger partial charge in [0, 0.05) is 24.2 Å². The second-order valence-corrected chi connectivity index (χ2v) is 7.62. The first-order valence-electron chi connectivity index (χ1n) is 9.18. The van der Waals surface area contributed by atoms with Crippen molar-refractivity contribution >= 4 is 23.6 Å². The van der Waals surface area contributed by atoms with E-state index in [4.69, 9.17) is 0 Å². The summed E-state index contributed by atoms with van der Waals surface area (Å²) in [6.07, 6.45) is 3.71. The molecule has 2 atom stereocenters. The van der Waals surface area contributed by atoms with Crippen molar-refractivity contribution in [2.24, 2.45) is 0 Å². The Morgan fingerprint density at radius 1 is 1.19 bits per heavy atom. The number of hydrogen-bond donors (Lipinski definition) is 3. The zero-order chi connectivity index (χ0) is 18.3. The van der Waals surface area contributed by atoms with Crippen molar-refractivity contribution in [1.82, 2.24) is 10.2 Å². The predicted molar refractivity (Wildman–Crippen MR) is 94.9 cm³/mol. The summed E-state index contributed by atoms with van der Waals surface area (Å²) in [6, 6.07) is 7.66. The van der Waals surface area contributed by atoms with E-state index in [1.165, 1.54) is 5.56 Å². The van der Waals surface area contributed by atoms with E-state index < -0.39 is 6.09 Å². The lowest BCUT2D eigenvalue weighted by Gasteiger charge is -2.38. The summed E-state index contributed by atoms with van der Waals surface area (Å²) in [5.74, 6) is -0.120. The van der Waals surface area contributed by atoms with Gasteiger partial charge in [-0.2, -0.15) is 0 Å². The Morgan fingerprint density at radius 2 is 1.92 bits per heavy atom. The van der Waals surface area contributed by atoms with Crippen LogP contribution in [-0.2, 0) is 9.59 Å². The van der Waals surface area contributed by atoms with Crippen LogP contribution in [0.2, 0.25) is 0 Å². The maximum atomic E-state index is 11.8. The van der Waals surface area contributed by atoms with Crippen molar-refractivity contribution < 1.29 is 19.5 Å². The first kappa shape index (κ1) is 16.9. The number of imide groups is 1. The molecule has 3 fully saturated rings. The third-order valence-electron chi connectivity index (χ3n) is 5.92. The molecule has 26 heavy (non-hydrogen) atoms. The zero-order valence-corrected chi connectivity index (χ0v) is 14.5. The number of piperidine rings is 2. The Morgan fingerprint density at radius 3 is 2.54 bits per heavy atom. The molecule has 1 unspecified atom stereocenters. The van der Waals surface area contributed by atoms with Crippen LogP contribution in [0.3, 0.4) is 0 Å². The lowest BCUT2D eigenvalue weighted by atomic mass is 9.84. The van der Waals surface area contributed by atoms with Crippen LogP contribution in [0.1, 0.15) is 50.0 Å². The molecule has 138 valence electrons. The smallest absolute Gasteiger partial charge is 0.407 e. The molecule has 1 spiro atoms. The molecule has 2 heterocycles. The fourth-order valence-electron chi connectivity index (χ4n) is 4.28. The average Bonchev–Trinajstić information content (AvgIpc) is 3.37. The minimum Gasteiger partial charge on any atom is -0.465 e. The normalized spacial score (nSPS) is 27.2. The fraction of sp³-hybridized carbons (Fsp3) is 0.526. The molecule has 3 amide bonds. The van der Waals surface area contributed by atoms with E-state index in [1.54, 1.807) is 4.90 Å². The van der Waals surface area contributed by atoms with Gasteiger partial charge in [-0.1, -0.05) is 12.1 Å². The van der Waals surface area contributed by atoms with Crippen LogP contribution in [0, 0.1) is 0 Å². The standard InChI is InChI=1S/C19H23N3O4/c23-16-6-5-15(17(24)21-16)20-14-3-1-12(2-4-14)13-7-10-22(18(25)26)19(11-13)8-9-19/h1-4,13,15,20H,5-11H2,(H,25,26)(H,21,23,24)/t13-,15?/m1/s1. The van der Waals surface area contributed by atoms with E-state index in [0.29, 0.717) is 25.3 Å². The van der Waals surface area contributed by atoms with Crippen molar-refractivity contribution in [2.45, 2.75) is 56.0 Å². The molecular weight excluding hydrogens is 334 g/mol. The molecule has 0 bridgehead atoms. The second-order valence-electron chi connectivity index (χ2n) is 7.62. The highest BCUT2D eigenvalue weighted by atomic mass is 16.4. The van der Waals surface area contributed by atoms with Gasteiger partial charge in [-0.3, -0.25) is 14.9 Å². The Bertz CT molecular complexity index is 742. The SMILES string of the molecule is O=C1CCC(Nc2ccc([C@@H]3CCN(C(=O)O)C4(CC4)C3)cc2)C(=O)N1. The number of rotatable bonds is 3. The lowest BCUT2D eigenvalue weighted by molar-refractivity contribution is -0.133. The van der Waals surface area contributed by atoms with Gasteiger partial charge >= 0.3 is 6.09 Å². The molecule has 0 aromatic heterocycles. The van der Waals surface area contributed by atoms with E-state index in [0.717, 1.165) is 31.4 Å². The Balaban J connectivity index is 1.40. The van der Waals surface area contributed by atoms with Crippen LogP contribution in [0.5, 0.6) is 0 Å². The van der Waals surface area contributed by atoms with Gasteiger partial charge in [0.1, 0.15) is 6.04 Å². The topological polar surface area (TPSA) is 98.7 Å². The largest absolute Gasteiger partial charge is 0.465 e. The highest BCUT2D eigenvalue weighted by Gasteiger charge is 2.53. The van der Waals surface area contributed by atoms with Crippen molar-refractivity contribution in [2.75, 3.05) is 11.9 Å². The van der Waals surface area contributed by atoms with E-state index in [1.807, 2.05) is 12.1 Å². The predicted octanol–water partition coefficient (Wildman–Crippen LogP) is 2.29. The number of amides is 3. The van der Waals surface area contributed by atoms with Crippen LogP contribution < -0.4 is 10.6 Å². The van der Waals surface area contributed by atoms with E-state index in [9.17, 15) is 19.5 Å². The molecule has 7 nitrogen and oxygen atoms in total. The van der Waals surface area contributed by atoms with Gasteiger partial charge in [0.05, 0.1) is 0 Å². The molecule has 3 aliphatic rings. The summed E-state index contributed by atoms with van der Waals surface area (Å²) in [7, 11) is 0. The van der Waals surface area contributed by atoms with E-state index in [-0.39, 0.29) is 23.4 Å². The Hall–Kier alpha value is -2.57. The third kappa shape index (κ3) is 3.13. The molecule has 1 aromatic rings. The zero-order valence-electron chi connectivity index (χ0n) is 14.5. The number of anilines is 1. The summed E-state index contributed by atoms with van der Waals surface area (Å²) in [5, 5.41) is 14.9. The van der Waals surface area contributed by atoms with Crippen molar-refractivity contribution in [3.8, 4) is 0 Å². The van der Waals surface area contributed by atoms with Gasteiger partial charge in [-0.15, -0.1) is 0 Å². The third-order valence-corrected chi connectivity index (χ3v) is 5.92. The molecule has 4 rings (SSSR count). The second kappa shape index (κ2) is 6.30. The molecule has 2 aliphatic heterocycles. The monoisotopic (exact) mass is 357 g/mol. The van der Waals surface area contributed by atoms with Crippen LogP contribution in [0.15, 0.2) is 24.3 Å². The number of carbonyl (C=O) groups excluding carboxylic acids is 2. The van der Waals surface area contributed by atoms with Crippen LogP contribution in [-0.4, -0.2) is 46.0 Å². The summed E-state index contributed by atoms with van der Waals surface area (Å²) in [6.45, 7) is 0.594. The van der Waals surface area contributed by atoms with Gasteiger partial charge in [-0.05, 0) is 55.7 Å². The maximum absolute atomic E-state index is 11.8. The number of likely N-dealkylation sites (tertiary alicyclic amines) is 1. The molecule has 3 N–H and O–H groups in total. The summed E-state index contributed by atoms with van der Waals surface area (Å²) < 4.78 is 0. The highest BCUT2D eigenvalue weighted by molar-refractivity contribution is 6.01. The summed E-state index contributed by atoms with van der Waals surface area (Å²) in [5.41, 5.74) is 1.93. The molecule has 2 saturated heterocycles. The molecule has 1 aromatic carbocycles. The highest BCUT2D eigenvalue weighted by Crippen LogP contribution is 2.52. The Labute approximate surface area is 151 Å². The number of carbonyl (C=O) groups is 3. The van der Waals surface area contributed by atoms with Gasteiger partial charge < -0.3 is 15.3 Å². The molecule has 0 radical (unpaired) electrons. The van der Waals surface area contributed by atoms with Gasteiger partial charge in [0.25, 0.3) is 0 Å². The number of hydrogen-bond acceptors (Lipinski definition) is 4. The first-order valence-corrected chi connectivity index (χ1v) is 9.18. The summed E-state index contributed by atoms with van der Waals surface area (Å²) in [4.78, 5) is 36.1. The first-order chi connectivity index (χ1) is 12.5. The van der Waals surface area contributed by atoms with Gasteiger partial charge in [0.15, 0.2) is 0 Å². The molecule has 1 saturated carbocycles. The fourth-order valence-corrected chi connectivity index (χ4v) is 4.28. The molecule has 7 heteroatoms. The average molecular weight is 357 g/mol. The van der Waals surface area contributed by atoms with E-state index in [2.05, 4.69) is 22.8 Å². The summed E-state index contributed by atoms with van der Waals surface area (Å²) >= 11 is 0. The Kier molecular flexibility index (Phi) is 4.09. The lowest BCUT2D eigenvalue weighted by Crippen LogP contribution is -2.47. The number of carboxylic acid groups (broad SMARTS) is 1. The number of benzene rings is 1. The quantitative estimate of drug-likeness (QED) is 0.721. The van der Waals surface area contributed by atoms with Crippen LogP contribution >= 0.6 is 0 Å². The van der Waals surface area contributed by atoms with Crippen molar-refractivity contribution in [3.05, 3.63) is 29.8 Å². The number of nitrogens with one attached hydrogen (secondary N) is 2. The minimum atomic E-state index is -0.801. The van der Waals surface area contributed by atoms with Crippen LogP contribution in [0.4, 0.5) is 10.5 Å². The van der Waals surface area contributed by atoms with Gasteiger partial charge in [0.2, 0.25) is 11.8 Å². The molecule has 1 aliphatic carbocycles. The number of nitrogens with zero attached hydrogens (tertiary/aromatic N) is 1. The van der Waals surface area contributed by atoms with E-state index >= 15 is 0 Å². The van der Waals surface area contributed by atoms with Crippen LogP contribution in [0.25, 0.3) is 0 Å². The van der Waals surface area contributed by atoms with Crippen molar-refractivity contribution in [1.29, 1.82) is 0 Å². The van der Waals surface area contributed by atoms with Crippen molar-refractivity contribution in [3.63, 3.8) is 0 Å².